The number of aryl methyl sites for hydroxylation is 1. The molecular formula is C19H22N6O5S. The Bertz CT molecular complexity index is 1290. The number of fused-ring (bicyclic) bond motifs is 1. The highest BCUT2D eigenvalue weighted by molar-refractivity contribution is 7.89. The minimum atomic E-state index is -3.83. The van der Waals surface area contributed by atoms with Crippen LogP contribution in [0.5, 0.6) is 0 Å². The summed E-state index contributed by atoms with van der Waals surface area (Å²) in [5.41, 5.74) is 0.591. The van der Waals surface area contributed by atoms with Gasteiger partial charge >= 0.3 is 5.69 Å². The van der Waals surface area contributed by atoms with E-state index >= 15 is 0 Å². The molecule has 3 aromatic rings. The molecule has 0 aliphatic carbocycles. The molecule has 11 nitrogen and oxygen atoms in total. The number of hydrogen-bond acceptors (Lipinski definition) is 7. The number of pyridine rings is 1. The molecule has 31 heavy (non-hydrogen) atoms. The number of nitro benzene ring substituents is 1. The SMILES string of the molecule is Cc1ccc([N+](=O)[O-])cc1S(=O)(=O)N1CCN(CCn2nc3ccccn3c2=O)CC1. The number of non-ortho nitro benzene ring substituents is 1. The van der Waals surface area contributed by atoms with E-state index in [0.29, 0.717) is 37.4 Å². The molecule has 0 radical (unpaired) electrons. The van der Waals surface area contributed by atoms with E-state index in [1.807, 2.05) is 6.07 Å². The molecule has 1 aromatic carbocycles. The van der Waals surface area contributed by atoms with Gasteiger partial charge in [0, 0.05) is 51.1 Å². The first kappa shape index (κ1) is 21.2. The van der Waals surface area contributed by atoms with Gasteiger partial charge in [-0.15, -0.1) is 5.10 Å². The third kappa shape index (κ3) is 4.09. The zero-order valence-corrected chi connectivity index (χ0v) is 17.7. The fraction of sp³-hybridized carbons (Fsp3) is 0.368. The third-order valence-corrected chi connectivity index (χ3v) is 7.49. The molecule has 1 fully saturated rings. The Balaban J connectivity index is 1.41. The molecule has 1 aliphatic heterocycles. The number of hydrogen-bond donors (Lipinski definition) is 0. The molecule has 0 atom stereocenters. The van der Waals surface area contributed by atoms with Crippen LogP contribution in [0.3, 0.4) is 0 Å². The maximum Gasteiger partial charge on any atom is 0.350 e. The van der Waals surface area contributed by atoms with Crippen LogP contribution < -0.4 is 5.69 Å². The fourth-order valence-corrected chi connectivity index (χ4v) is 5.33. The summed E-state index contributed by atoms with van der Waals surface area (Å²) in [7, 11) is -3.83. The van der Waals surface area contributed by atoms with E-state index in [4.69, 9.17) is 0 Å². The van der Waals surface area contributed by atoms with Crippen LogP contribution in [0.1, 0.15) is 5.56 Å². The second-order valence-corrected chi connectivity index (χ2v) is 9.29. The molecule has 4 rings (SSSR count). The summed E-state index contributed by atoms with van der Waals surface area (Å²) in [6.45, 7) is 4.11. The lowest BCUT2D eigenvalue weighted by Gasteiger charge is -2.34. The maximum atomic E-state index is 13.0. The lowest BCUT2D eigenvalue weighted by molar-refractivity contribution is -0.385. The van der Waals surface area contributed by atoms with Crippen molar-refractivity contribution in [1.82, 2.24) is 23.4 Å². The highest BCUT2D eigenvalue weighted by atomic mass is 32.2. The van der Waals surface area contributed by atoms with Crippen molar-refractivity contribution in [3.05, 3.63) is 68.8 Å². The van der Waals surface area contributed by atoms with Crippen LogP contribution in [0.25, 0.3) is 5.65 Å². The number of nitro groups is 1. The standard InChI is InChI=1S/C19H22N6O5S/c1-15-5-6-16(25(27)28)14-17(15)31(29,30)22-11-8-21(9-12-22)10-13-24-19(26)23-7-3-2-4-18(23)20-24/h2-7,14H,8-13H2,1H3. The molecule has 164 valence electrons. The molecule has 0 N–H and O–H groups in total. The fourth-order valence-electron chi connectivity index (χ4n) is 3.66. The molecule has 1 saturated heterocycles. The van der Waals surface area contributed by atoms with Crippen LogP contribution in [-0.2, 0) is 16.6 Å². The largest absolute Gasteiger partial charge is 0.350 e. The molecule has 0 amide bonds. The molecule has 0 saturated carbocycles. The summed E-state index contributed by atoms with van der Waals surface area (Å²) in [4.78, 5) is 24.8. The summed E-state index contributed by atoms with van der Waals surface area (Å²) in [5, 5.41) is 15.3. The third-order valence-electron chi connectivity index (χ3n) is 5.45. The summed E-state index contributed by atoms with van der Waals surface area (Å²) >= 11 is 0. The molecule has 3 heterocycles. The van der Waals surface area contributed by atoms with E-state index in [1.54, 1.807) is 25.3 Å². The minimum absolute atomic E-state index is 0.0357. The van der Waals surface area contributed by atoms with Gasteiger partial charge in [-0.05, 0) is 24.6 Å². The van der Waals surface area contributed by atoms with Crippen molar-refractivity contribution in [2.45, 2.75) is 18.4 Å². The molecule has 1 aliphatic rings. The predicted octanol–water partition coefficient (Wildman–Crippen LogP) is 0.719. The van der Waals surface area contributed by atoms with E-state index < -0.39 is 14.9 Å². The molecular weight excluding hydrogens is 424 g/mol. The zero-order valence-electron chi connectivity index (χ0n) is 16.9. The van der Waals surface area contributed by atoms with Crippen LogP contribution in [0.2, 0.25) is 0 Å². The highest BCUT2D eigenvalue weighted by Gasteiger charge is 2.30. The van der Waals surface area contributed by atoms with Gasteiger partial charge in [-0.1, -0.05) is 12.1 Å². The number of nitrogens with zero attached hydrogens (tertiary/aromatic N) is 6. The Hall–Kier alpha value is -3.09. The number of benzene rings is 1. The first-order chi connectivity index (χ1) is 14.8. The smallest absolute Gasteiger partial charge is 0.299 e. The number of rotatable bonds is 6. The second kappa shape index (κ2) is 8.21. The van der Waals surface area contributed by atoms with Gasteiger partial charge in [0.2, 0.25) is 10.0 Å². The Morgan fingerprint density at radius 2 is 1.84 bits per heavy atom. The second-order valence-electron chi connectivity index (χ2n) is 7.39. The van der Waals surface area contributed by atoms with Crippen molar-refractivity contribution in [2.24, 2.45) is 0 Å². The first-order valence-electron chi connectivity index (χ1n) is 9.79. The van der Waals surface area contributed by atoms with Gasteiger partial charge < -0.3 is 0 Å². The van der Waals surface area contributed by atoms with Crippen LogP contribution in [0.4, 0.5) is 5.69 Å². The summed E-state index contributed by atoms with van der Waals surface area (Å²) in [6, 6.07) is 9.21. The molecule has 2 aromatic heterocycles. The number of sulfonamides is 1. The predicted molar refractivity (Wildman–Crippen MR) is 112 cm³/mol. The lowest BCUT2D eigenvalue weighted by Crippen LogP contribution is -2.49. The van der Waals surface area contributed by atoms with Gasteiger partial charge in [-0.25, -0.2) is 17.9 Å². The van der Waals surface area contributed by atoms with Gasteiger partial charge in [-0.2, -0.15) is 4.31 Å². The average Bonchev–Trinajstić information content (AvgIpc) is 3.08. The van der Waals surface area contributed by atoms with Crippen LogP contribution in [0, 0.1) is 17.0 Å². The number of piperazine rings is 1. The molecule has 0 unspecified atom stereocenters. The van der Waals surface area contributed by atoms with E-state index in [1.165, 1.54) is 25.5 Å². The van der Waals surface area contributed by atoms with Gasteiger partial charge in [0.15, 0.2) is 5.65 Å². The van der Waals surface area contributed by atoms with Crippen molar-refractivity contribution in [3.63, 3.8) is 0 Å². The lowest BCUT2D eigenvalue weighted by atomic mass is 10.2. The van der Waals surface area contributed by atoms with Gasteiger partial charge in [0.1, 0.15) is 0 Å². The Kier molecular flexibility index (Phi) is 5.60. The van der Waals surface area contributed by atoms with E-state index in [-0.39, 0.29) is 29.4 Å². The molecule has 0 bridgehead atoms. The summed E-state index contributed by atoms with van der Waals surface area (Å²) in [5.74, 6) is 0. The van der Waals surface area contributed by atoms with Crippen LogP contribution in [0.15, 0.2) is 52.3 Å². The quantitative estimate of drug-likeness (QED) is 0.404. The minimum Gasteiger partial charge on any atom is -0.299 e. The van der Waals surface area contributed by atoms with E-state index in [9.17, 15) is 23.3 Å². The number of aromatic nitrogens is 3. The normalized spacial score (nSPS) is 16.0. The topological polar surface area (TPSA) is 123 Å². The van der Waals surface area contributed by atoms with E-state index in [0.717, 1.165) is 6.07 Å². The van der Waals surface area contributed by atoms with Crippen LogP contribution >= 0.6 is 0 Å². The Morgan fingerprint density at radius 3 is 2.52 bits per heavy atom. The van der Waals surface area contributed by atoms with E-state index in [2.05, 4.69) is 10.00 Å². The Morgan fingerprint density at radius 1 is 1.10 bits per heavy atom. The average molecular weight is 446 g/mol. The van der Waals surface area contributed by atoms with Crippen molar-refractivity contribution in [2.75, 3.05) is 32.7 Å². The van der Waals surface area contributed by atoms with Gasteiger partial charge in [0.05, 0.1) is 16.4 Å². The molecule has 12 heteroatoms. The van der Waals surface area contributed by atoms with Crippen LogP contribution in [-0.4, -0.2) is 69.5 Å². The first-order valence-corrected chi connectivity index (χ1v) is 11.2. The monoisotopic (exact) mass is 446 g/mol. The summed E-state index contributed by atoms with van der Waals surface area (Å²) in [6.07, 6.45) is 1.67. The Labute approximate surface area is 178 Å². The van der Waals surface area contributed by atoms with Crippen molar-refractivity contribution < 1.29 is 13.3 Å². The van der Waals surface area contributed by atoms with Crippen molar-refractivity contribution in [1.29, 1.82) is 0 Å². The zero-order chi connectivity index (χ0) is 22.2. The van der Waals surface area contributed by atoms with Gasteiger partial charge in [-0.3, -0.25) is 19.4 Å². The van der Waals surface area contributed by atoms with Crippen molar-refractivity contribution in [3.8, 4) is 0 Å². The highest BCUT2D eigenvalue weighted by Crippen LogP contribution is 2.25. The molecule has 0 spiro atoms. The van der Waals surface area contributed by atoms with Gasteiger partial charge in [0.25, 0.3) is 5.69 Å². The maximum absolute atomic E-state index is 13.0. The summed E-state index contributed by atoms with van der Waals surface area (Å²) < 4.78 is 30.3. The van der Waals surface area contributed by atoms with Crippen molar-refractivity contribution >= 4 is 21.4 Å².